The molecule has 0 unspecified atom stereocenters. The third-order valence-corrected chi connectivity index (χ3v) is 3.44. The average Bonchev–Trinajstić information content (AvgIpc) is 2.73. The molecule has 1 heterocycles. The quantitative estimate of drug-likeness (QED) is 0.742. The van der Waals surface area contributed by atoms with E-state index in [0.29, 0.717) is 28.9 Å². The Bertz CT molecular complexity index is 700. The zero-order valence-electron chi connectivity index (χ0n) is 12.4. The Morgan fingerprint density at radius 1 is 1.52 bits per heavy atom. The largest absolute Gasteiger partial charge is 0.429 e. The molecule has 21 heavy (non-hydrogen) atoms. The van der Waals surface area contributed by atoms with Gasteiger partial charge in [-0.05, 0) is 49.2 Å². The van der Waals surface area contributed by atoms with Gasteiger partial charge in [0.1, 0.15) is 0 Å². The molecule has 1 atom stereocenters. The molecule has 0 spiro atoms. The van der Waals surface area contributed by atoms with Crippen LogP contribution in [0.4, 0.5) is 0 Å². The van der Waals surface area contributed by atoms with Gasteiger partial charge in [-0.1, -0.05) is 13.8 Å². The lowest BCUT2D eigenvalue weighted by Crippen LogP contribution is -2.35. The predicted molar refractivity (Wildman–Crippen MR) is 83.8 cm³/mol. The van der Waals surface area contributed by atoms with Crippen LogP contribution in [0.5, 0.6) is 0 Å². The number of rotatable bonds is 5. The average molecular weight is 308 g/mol. The van der Waals surface area contributed by atoms with Crippen LogP contribution in [0.15, 0.2) is 22.6 Å². The van der Waals surface area contributed by atoms with Crippen LogP contribution in [0, 0.1) is 10.3 Å². The number of nitrogens with one attached hydrogen (secondary N) is 2. The number of hydrogen-bond donors (Lipinski definition) is 3. The van der Waals surface area contributed by atoms with Crippen molar-refractivity contribution in [1.29, 1.82) is 0 Å². The number of fused-ring (bicyclic) bond motifs is 1. The molecule has 1 aromatic heterocycles. The van der Waals surface area contributed by atoms with Gasteiger partial charge >= 0.3 is 0 Å². The predicted octanol–water partition coefficient (Wildman–Crippen LogP) is 3.02. The number of carbonyl (C=O) groups excluding carboxylic acids is 1. The third-order valence-electron chi connectivity index (χ3n) is 3.26. The van der Waals surface area contributed by atoms with Gasteiger partial charge in [0.05, 0.1) is 11.6 Å². The van der Waals surface area contributed by atoms with Gasteiger partial charge in [0, 0.05) is 12.1 Å². The lowest BCUT2D eigenvalue weighted by atomic mass is 9.87. The normalized spacial score (nSPS) is 13.3. The number of benzene rings is 1. The second kappa shape index (κ2) is 5.99. The Labute approximate surface area is 128 Å². The molecule has 6 heteroatoms. The topological polar surface area (TPSA) is 78.3 Å². The van der Waals surface area contributed by atoms with Crippen LogP contribution < -0.4 is 5.32 Å². The van der Waals surface area contributed by atoms with Gasteiger partial charge < -0.3 is 19.8 Å². The highest BCUT2D eigenvalue weighted by Gasteiger charge is 2.21. The lowest BCUT2D eigenvalue weighted by Gasteiger charge is -2.26. The van der Waals surface area contributed by atoms with Gasteiger partial charge in [0.2, 0.25) is 0 Å². The Hall–Kier alpha value is -1.66. The highest BCUT2D eigenvalue weighted by atomic mass is 32.1. The molecule has 1 amide bonds. The highest BCUT2D eigenvalue weighted by Crippen LogP contribution is 2.21. The molecule has 5 nitrogen and oxygen atoms in total. The van der Waals surface area contributed by atoms with E-state index >= 15 is 0 Å². The van der Waals surface area contributed by atoms with Crippen LogP contribution in [0.1, 0.15) is 37.6 Å². The maximum Gasteiger partial charge on any atom is 0.266 e. The fourth-order valence-corrected chi connectivity index (χ4v) is 2.58. The molecule has 0 saturated carbocycles. The number of H-pyrrole nitrogens is 1. The molecule has 114 valence electrons. The van der Waals surface area contributed by atoms with E-state index in [2.05, 4.69) is 10.3 Å². The summed E-state index contributed by atoms with van der Waals surface area (Å²) in [6.45, 7) is 6.25. The van der Waals surface area contributed by atoms with Gasteiger partial charge in [-0.25, -0.2) is 0 Å². The first-order chi connectivity index (χ1) is 9.77. The zero-order valence-corrected chi connectivity index (χ0v) is 13.2. The first kappa shape index (κ1) is 15.7. The molecule has 0 saturated heterocycles. The fraction of sp³-hybridized carbons (Fsp3) is 0.467. The van der Waals surface area contributed by atoms with Crippen molar-refractivity contribution in [3.8, 4) is 0 Å². The van der Waals surface area contributed by atoms with Crippen LogP contribution in [0.3, 0.4) is 0 Å². The monoisotopic (exact) mass is 308 g/mol. The van der Waals surface area contributed by atoms with Crippen molar-refractivity contribution in [2.45, 2.75) is 33.3 Å². The first-order valence-corrected chi connectivity index (χ1v) is 7.27. The number of aromatic amines is 1. The minimum atomic E-state index is -0.391. The van der Waals surface area contributed by atoms with Gasteiger partial charge in [-0.3, -0.25) is 4.79 Å². The van der Waals surface area contributed by atoms with Crippen molar-refractivity contribution in [3.63, 3.8) is 0 Å². The Morgan fingerprint density at radius 2 is 2.24 bits per heavy atom. The maximum atomic E-state index is 12.2. The molecular weight excluding hydrogens is 288 g/mol. The molecule has 2 rings (SSSR count). The SMILES string of the molecule is C[C@H](O)CC(C)(C)CNC(=O)c1ccc2[nH]c(=S)oc2c1. The Kier molecular flexibility index (Phi) is 4.49. The summed E-state index contributed by atoms with van der Waals surface area (Å²) >= 11 is 4.92. The van der Waals surface area contributed by atoms with Gasteiger partial charge in [-0.15, -0.1) is 0 Å². The third kappa shape index (κ3) is 4.15. The van der Waals surface area contributed by atoms with Crippen molar-refractivity contribution in [3.05, 3.63) is 28.6 Å². The van der Waals surface area contributed by atoms with E-state index in [0.717, 1.165) is 5.52 Å². The second-order valence-corrected chi connectivity index (χ2v) is 6.50. The summed E-state index contributed by atoms with van der Waals surface area (Å²) in [7, 11) is 0. The van der Waals surface area contributed by atoms with E-state index in [4.69, 9.17) is 16.6 Å². The van der Waals surface area contributed by atoms with Crippen molar-refractivity contribution in [1.82, 2.24) is 10.3 Å². The first-order valence-electron chi connectivity index (χ1n) is 6.86. The summed E-state index contributed by atoms with van der Waals surface area (Å²) in [4.78, 5) is 15.4. The number of hydrogen-bond acceptors (Lipinski definition) is 4. The molecular formula is C15H20N2O3S. The van der Waals surface area contributed by atoms with Gasteiger partial charge in [-0.2, -0.15) is 0 Å². The number of aliphatic hydroxyl groups excluding tert-OH is 1. The second-order valence-electron chi connectivity index (χ2n) is 6.13. The fourth-order valence-electron chi connectivity index (χ4n) is 2.38. The highest BCUT2D eigenvalue weighted by molar-refractivity contribution is 7.71. The molecule has 0 aliphatic rings. The van der Waals surface area contributed by atoms with Crippen LogP contribution in [-0.2, 0) is 0 Å². The van der Waals surface area contributed by atoms with E-state index in [1.807, 2.05) is 13.8 Å². The van der Waals surface area contributed by atoms with Crippen molar-refractivity contribution < 1.29 is 14.3 Å². The summed E-state index contributed by atoms with van der Waals surface area (Å²) in [5, 5.41) is 12.3. The molecule has 0 fully saturated rings. The minimum absolute atomic E-state index is 0.166. The summed E-state index contributed by atoms with van der Waals surface area (Å²) < 4.78 is 5.30. The number of amides is 1. The van der Waals surface area contributed by atoms with Crippen molar-refractivity contribution >= 4 is 29.2 Å². The molecule has 3 N–H and O–H groups in total. The molecule has 1 aromatic carbocycles. The van der Waals surface area contributed by atoms with E-state index < -0.39 is 6.10 Å². The molecule has 0 aliphatic carbocycles. The summed E-state index contributed by atoms with van der Waals surface area (Å²) in [6.07, 6.45) is 0.232. The van der Waals surface area contributed by atoms with E-state index in [1.54, 1.807) is 25.1 Å². The summed E-state index contributed by atoms with van der Waals surface area (Å²) in [6, 6.07) is 5.16. The minimum Gasteiger partial charge on any atom is -0.429 e. The van der Waals surface area contributed by atoms with Gasteiger partial charge in [0.25, 0.3) is 10.7 Å². The molecule has 0 radical (unpaired) electrons. The Balaban J connectivity index is 2.06. The number of aliphatic hydroxyl groups is 1. The van der Waals surface area contributed by atoms with E-state index in [1.165, 1.54) is 0 Å². The molecule has 2 aromatic rings. The Morgan fingerprint density at radius 3 is 2.90 bits per heavy atom. The zero-order chi connectivity index (χ0) is 15.6. The van der Waals surface area contributed by atoms with E-state index in [-0.39, 0.29) is 11.3 Å². The van der Waals surface area contributed by atoms with Crippen LogP contribution in [0.25, 0.3) is 11.1 Å². The molecule has 0 bridgehead atoms. The standard InChI is InChI=1S/C15H20N2O3S/c1-9(18)7-15(2,3)8-16-13(19)10-4-5-11-12(6-10)20-14(21)17-11/h4-6,9,18H,7-8H2,1-3H3,(H,16,19)(H,17,21)/t9-/m0/s1. The van der Waals surface area contributed by atoms with Crippen LogP contribution >= 0.6 is 12.2 Å². The number of aromatic nitrogens is 1. The summed E-state index contributed by atoms with van der Waals surface area (Å²) in [5.41, 5.74) is 1.69. The van der Waals surface area contributed by atoms with Crippen LogP contribution in [0.2, 0.25) is 0 Å². The van der Waals surface area contributed by atoms with E-state index in [9.17, 15) is 9.90 Å². The maximum absolute atomic E-state index is 12.2. The lowest BCUT2D eigenvalue weighted by molar-refractivity contribution is 0.0902. The summed E-state index contributed by atoms with van der Waals surface area (Å²) in [5.74, 6) is -0.169. The van der Waals surface area contributed by atoms with Crippen molar-refractivity contribution in [2.75, 3.05) is 6.54 Å². The van der Waals surface area contributed by atoms with Crippen molar-refractivity contribution in [2.24, 2.45) is 5.41 Å². The number of oxazole rings is 1. The van der Waals surface area contributed by atoms with Crippen LogP contribution in [-0.4, -0.2) is 28.6 Å². The smallest absolute Gasteiger partial charge is 0.266 e. The number of carbonyl (C=O) groups is 1. The van der Waals surface area contributed by atoms with Gasteiger partial charge in [0.15, 0.2) is 5.58 Å². The molecule has 0 aliphatic heterocycles.